The van der Waals surface area contributed by atoms with E-state index >= 15 is 0 Å². The van der Waals surface area contributed by atoms with E-state index in [0.717, 1.165) is 23.8 Å². The number of hydrogen-bond donors (Lipinski definition) is 1. The van der Waals surface area contributed by atoms with E-state index in [1.54, 1.807) is 0 Å². The van der Waals surface area contributed by atoms with Gasteiger partial charge in [0.25, 0.3) is 0 Å². The lowest BCUT2D eigenvalue weighted by Crippen LogP contribution is -2.39. The molecule has 1 N–H and O–H groups in total. The Bertz CT molecular complexity index is 760. The minimum absolute atomic E-state index is 0.272. The van der Waals surface area contributed by atoms with Crippen molar-refractivity contribution in [3.05, 3.63) is 64.7 Å². The van der Waals surface area contributed by atoms with Crippen molar-refractivity contribution in [2.45, 2.75) is 13.1 Å². The molecule has 0 amide bonds. The van der Waals surface area contributed by atoms with Gasteiger partial charge in [0.2, 0.25) is 0 Å². The van der Waals surface area contributed by atoms with Crippen molar-refractivity contribution in [3.8, 4) is 0 Å². The van der Waals surface area contributed by atoms with Crippen LogP contribution in [0.25, 0.3) is 0 Å². The highest BCUT2D eigenvalue weighted by Crippen LogP contribution is 2.15. The van der Waals surface area contributed by atoms with Crippen LogP contribution in [-0.4, -0.2) is 37.9 Å². The molecule has 6 heteroatoms. The molecule has 0 unspecified atom stereocenters. The van der Waals surface area contributed by atoms with Crippen LogP contribution in [0.5, 0.6) is 0 Å². The zero-order valence-corrected chi connectivity index (χ0v) is 15.0. The summed E-state index contributed by atoms with van der Waals surface area (Å²) in [4.78, 5) is 2.19. The molecule has 4 nitrogen and oxygen atoms in total. The molecule has 0 bridgehead atoms. The number of anilines is 1. The van der Waals surface area contributed by atoms with Crippen LogP contribution in [0.1, 0.15) is 11.1 Å². The van der Waals surface area contributed by atoms with Gasteiger partial charge in [-0.25, -0.2) is 8.42 Å². The van der Waals surface area contributed by atoms with Crippen LogP contribution in [0.3, 0.4) is 0 Å². The Morgan fingerprint density at radius 3 is 2.12 bits per heavy atom. The predicted octanol–water partition coefficient (Wildman–Crippen LogP) is 3.18. The maximum Gasteiger partial charge on any atom is 0.152 e. The Labute approximate surface area is 148 Å². The normalized spacial score (nSPS) is 17.5. The van der Waals surface area contributed by atoms with Gasteiger partial charge in [0.05, 0.1) is 11.5 Å². The molecular weight excluding hydrogens is 344 g/mol. The van der Waals surface area contributed by atoms with Crippen LogP contribution in [0.2, 0.25) is 5.02 Å². The molecule has 128 valence electrons. The molecule has 0 atom stereocenters. The summed E-state index contributed by atoms with van der Waals surface area (Å²) in [5, 5.41) is 4.13. The van der Waals surface area contributed by atoms with Crippen molar-refractivity contribution in [1.29, 1.82) is 0 Å². The van der Waals surface area contributed by atoms with Gasteiger partial charge in [0.15, 0.2) is 9.84 Å². The van der Waals surface area contributed by atoms with Gasteiger partial charge in [-0.1, -0.05) is 35.9 Å². The number of halogens is 1. The minimum atomic E-state index is -2.81. The summed E-state index contributed by atoms with van der Waals surface area (Å²) in [5.74, 6) is 0.543. The van der Waals surface area contributed by atoms with Gasteiger partial charge in [0, 0.05) is 36.9 Å². The zero-order valence-electron chi connectivity index (χ0n) is 13.4. The summed E-state index contributed by atoms with van der Waals surface area (Å²) >= 11 is 5.88. The van der Waals surface area contributed by atoms with Gasteiger partial charge in [-0.2, -0.15) is 0 Å². The fraction of sp³-hybridized carbons (Fsp3) is 0.333. The second kappa shape index (κ2) is 7.55. The van der Waals surface area contributed by atoms with Crippen molar-refractivity contribution < 1.29 is 8.42 Å². The van der Waals surface area contributed by atoms with Gasteiger partial charge in [-0.15, -0.1) is 0 Å². The molecule has 2 aromatic carbocycles. The van der Waals surface area contributed by atoms with E-state index in [9.17, 15) is 8.42 Å². The number of nitrogens with one attached hydrogen (secondary N) is 1. The Kier molecular flexibility index (Phi) is 5.43. The Balaban J connectivity index is 1.51. The lowest BCUT2D eigenvalue weighted by Gasteiger charge is -2.26. The number of sulfone groups is 1. The van der Waals surface area contributed by atoms with Crippen LogP contribution >= 0.6 is 11.6 Å². The quantitative estimate of drug-likeness (QED) is 0.885. The van der Waals surface area contributed by atoms with Gasteiger partial charge < -0.3 is 5.32 Å². The van der Waals surface area contributed by atoms with E-state index in [1.165, 1.54) is 11.1 Å². The fourth-order valence-corrected chi connectivity index (χ4v) is 4.10. The molecule has 0 radical (unpaired) electrons. The smallest absolute Gasteiger partial charge is 0.152 e. The lowest BCUT2D eigenvalue weighted by molar-refractivity contribution is 0.287. The Morgan fingerprint density at radius 1 is 0.917 bits per heavy atom. The molecule has 24 heavy (non-hydrogen) atoms. The van der Waals surface area contributed by atoms with Gasteiger partial charge in [-0.3, -0.25) is 4.90 Å². The summed E-state index contributed by atoms with van der Waals surface area (Å²) in [7, 11) is -2.81. The third kappa shape index (κ3) is 4.97. The molecule has 3 rings (SSSR count). The molecular formula is C18H21ClN2O2S. The molecule has 0 saturated carbocycles. The highest BCUT2D eigenvalue weighted by atomic mass is 35.5. The second-order valence-electron chi connectivity index (χ2n) is 6.10. The number of hydrogen-bond acceptors (Lipinski definition) is 4. The van der Waals surface area contributed by atoms with Crippen molar-refractivity contribution >= 4 is 27.1 Å². The van der Waals surface area contributed by atoms with Crippen LogP contribution < -0.4 is 5.32 Å². The van der Waals surface area contributed by atoms with Crippen molar-refractivity contribution in [2.24, 2.45) is 0 Å². The Morgan fingerprint density at radius 2 is 1.50 bits per heavy atom. The monoisotopic (exact) mass is 364 g/mol. The number of nitrogens with zero attached hydrogens (tertiary/aromatic N) is 1. The first-order valence-corrected chi connectivity index (χ1v) is 10.2. The molecule has 0 aromatic heterocycles. The third-order valence-electron chi connectivity index (χ3n) is 4.21. The molecule has 2 aromatic rings. The van der Waals surface area contributed by atoms with E-state index in [1.807, 2.05) is 24.3 Å². The maximum absolute atomic E-state index is 11.5. The number of rotatable bonds is 5. The first-order valence-electron chi connectivity index (χ1n) is 8.00. The van der Waals surface area contributed by atoms with E-state index in [-0.39, 0.29) is 11.5 Å². The van der Waals surface area contributed by atoms with Crippen LogP contribution in [0.15, 0.2) is 48.5 Å². The van der Waals surface area contributed by atoms with E-state index < -0.39 is 9.84 Å². The number of benzene rings is 2. The average molecular weight is 365 g/mol. The third-order valence-corrected chi connectivity index (χ3v) is 6.07. The average Bonchev–Trinajstić information content (AvgIpc) is 2.58. The standard InChI is InChI=1S/C18H21ClN2O2S/c19-17-5-1-15(2-6-17)13-20-18-7-3-16(4-8-18)14-21-9-11-24(22,23)12-10-21/h1-8,20H,9-14H2. The van der Waals surface area contributed by atoms with Gasteiger partial charge >= 0.3 is 0 Å². The van der Waals surface area contributed by atoms with Crippen LogP contribution in [0, 0.1) is 0 Å². The largest absolute Gasteiger partial charge is 0.381 e. The fourth-order valence-electron chi connectivity index (χ4n) is 2.70. The Hall–Kier alpha value is -1.56. The molecule has 0 spiro atoms. The summed E-state index contributed by atoms with van der Waals surface area (Å²) < 4.78 is 22.9. The molecule has 1 heterocycles. The summed E-state index contributed by atoms with van der Waals surface area (Å²) in [5.41, 5.74) is 3.44. The first kappa shape index (κ1) is 17.3. The van der Waals surface area contributed by atoms with E-state index in [0.29, 0.717) is 13.1 Å². The summed E-state index contributed by atoms with van der Waals surface area (Å²) in [6, 6.07) is 16.1. The minimum Gasteiger partial charge on any atom is -0.381 e. The second-order valence-corrected chi connectivity index (χ2v) is 8.84. The molecule has 0 aliphatic carbocycles. The van der Waals surface area contributed by atoms with Crippen molar-refractivity contribution in [2.75, 3.05) is 29.9 Å². The predicted molar refractivity (Wildman–Crippen MR) is 99.2 cm³/mol. The SMILES string of the molecule is O=S1(=O)CCN(Cc2ccc(NCc3ccc(Cl)cc3)cc2)CC1. The highest BCUT2D eigenvalue weighted by molar-refractivity contribution is 7.91. The van der Waals surface area contributed by atoms with Crippen molar-refractivity contribution in [1.82, 2.24) is 4.90 Å². The molecule has 1 fully saturated rings. The molecule has 1 aliphatic heterocycles. The van der Waals surface area contributed by atoms with E-state index in [4.69, 9.17) is 11.6 Å². The summed E-state index contributed by atoms with van der Waals surface area (Å²) in [6.45, 7) is 2.80. The first-order chi connectivity index (χ1) is 11.5. The van der Waals surface area contributed by atoms with Crippen LogP contribution in [0.4, 0.5) is 5.69 Å². The topological polar surface area (TPSA) is 49.4 Å². The van der Waals surface area contributed by atoms with E-state index in [2.05, 4.69) is 34.5 Å². The molecule has 1 saturated heterocycles. The van der Waals surface area contributed by atoms with Gasteiger partial charge in [0.1, 0.15) is 0 Å². The van der Waals surface area contributed by atoms with Gasteiger partial charge in [-0.05, 0) is 35.4 Å². The highest BCUT2D eigenvalue weighted by Gasteiger charge is 2.21. The van der Waals surface area contributed by atoms with Crippen LogP contribution in [-0.2, 0) is 22.9 Å². The lowest BCUT2D eigenvalue weighted by atomic mass is 10.1. The molecule has 1 aliphatic rings. The summed E-state index contributed by atoms with van der Waals surface area (Å²) in [6.07, 6.45) is 0. The zero-order chi connectivity index (χ0) is 17.0. The maximum atomic E-state index is 11.5. The van der Waals surface area contributed by atoms with Crippen molar-refractivity contribution in [3.63, 3.8) is 0 Å².